The third kappa shape index (κ3) is 1.66. The number of rotatable bonds is 2. The van der Waals surface area contributed by atoms with Gasteiger partial charge in [0, 0.05) is 11.0 Å². The van der Waals surface area contributed by atoms with Gasteiger partial charge < -0.3 is 9.57 Å². The van der Waals surface area contributed by atoms with Crippen molar-refractivity contribution in [3.05, 3.63) is 34.3 Å². The average molecular weight is 391 g/mol. The van der Waals surface area contributed by atoms with Crippen molar-refractivity contribution in [2.45, 2.75) is 25.2 Å². The van der Waals surface area contributed by atoms with Gasteiger partial charge in [-0.3, -0.25) is 14.5 Å². The third-order valence-corrected chi connectivity index (χ3v) is 6.12. The second-order valence-electron chi connectivity index (χ2n) is 6.62. The largest absolute Gasteiger partial charge is 0.389 e. The number of likely N-dealkylation sites (tertiary alicyclic amines) is 1. The molecule has 4 aliphatic heterocycles. The molecule has 0 radical (unpaired) electrons. The number of amides is 2. The van der Waals surface area contributed by atoms with E-state index in [-0.39, 0.29) is 36.0 Å². The molecule has 2 amide bonds. The van der Waals surface area contributed by atoms with Crippen LogP contribution in [0.5, 0.6) is 0 Å². The van der Waals surface area contributed by atoms with Gasteiger partial charge in [0.05, 0.1) is 29.6 Å². The summed E-state index contributed by atoms with van der Waals surface area (Å²) in [6.45, 7) is 2.24. The Bertz CT molecular complexity index is 777. The molecule has 1 aromatic carbocycles. The van der Waals surface area contributed by atoms with E-state index in [4.69, 9.17) is 9.57 Å². The molecule has 0 saturated carbocycles. The second-order valence-corrected chi connectivity index (χ2v) is 7.53. The van der Waals surface area contributed by atoms with Crippen LogP contribution in [0.4, 0.5) is 0 Å². The zero-order valence-electron chi connectivity index (χ0n) is 12.9. The van der Waals surface area contributed by atoms with Gasteiger partial charge in [0.1, 0.15) is 6.10 Å². The molecule has 124 valence electrons. The summed E-state index contributed by atoms with van der Waals surface area (Å²) in [4.78, 5) is 32.2. The predicted octanol–water partition coefficient (Wildman–Crippen LogP) is 1.57. The monoisotopic (exact) mass is 390 g/mol. The number of fused-ring (bicyclic) bond motifs is 8. The van der Waals surface area contributed by atoms with E-state index in [1.54, 1.807) is 0 Å². The second kappa shape index (κ2) is 4.89. The van der Waals surface area contributed by atoms with E-state index in [0.29, 0.717) is 6.54 Å². The predicted molar refractivity (Wildman–Crippen MR) is 87.1 cm³/mol. The fraction of sp³-hybridized carbons (Fsp3) is 0.471. The Morgan fingerprint density at radius 2 is 1.71 bits per heavy atom. The highest BCUT2D eigenvalue weighted by atomic mass is 79.9. The molecule has 3 fully saturated rings. The van der Waals surface area contributed by atoms with Crippen LogP contribution in [0.3, 0.4) is 0 Å². The number of carbonyl (C=O) groups is 2. The lowest BCUT2D eigenvalue weighted by atomic mass is 9.71. The molecule has 6 atom stereocenters. The lowest BCUT2D eigenvalue weighted by molar-refractivity contribution is -0.142. The first-order chi connectivity index (χ1) is 11.6. The fourth-order valence-corrected chi connectivity index (χ4v) is 4.85. The van der Waals surface area contributed by atoms with Crippen molar-refractivity contribution in [1.82, 2.24) is 4.90 Å². The van der Waals surface area contributed by atoms with Crippen LogP contribution in [0.25, 0.3) is 0 Å². The SMILES string of the molecule is CCN1C(=O)C2C3OC(C4C(c5ccc(Br)cc5)=NOC34)C2C1=O. The summed E-state index contributed by atoms with van der Waals surface area (Å²) in [7, 11) is 0. The molecule has 1 aromatic rings. The number of hydrogen-bond acceptors (Lipinski definition) is 5. The molecule has 6 unspecified atom stereocenters. The third-order valence-electron chi connectivity index (χ3n) is 5.59. The minimum atomic E-state index is -0.414. The van der Waals surface area contributed by atoms with Crippen molar-refractivity contribution < 1.29 is 19.2 Å². The number of halogens is 1. The summed E-state index contributed by atoms with van der Waals surface area (Å²) in [5, 5.41) is 4.26. The van der Waals surface area contributed by atoms with E-state index in [9.17, 15) is 9.59 Å². The number of carbonyl (C=O) groups excluding carboxylic acids is 2. The molecule has 7 heteroatoms. The Balaban J connectivity index is 1.51. The zero-order valence-corrected chi connectivity index (χ0v) is 14.5. The number of benzene rings is 1. The molecule has 5 rings (SSSR count). The highest BCUT2D eigenvalue weighted by molar-refractivity contribution is 9.10. The summed E-state index contributed by atoms with van der Waals surface area (Å²) >= 11 is 3.43. The Morgan fingerprint density at radius 3 is 2.38 bits per heavy atom. The van der Waals surface area contributed by atoms with Gasteiger partial charge in [-0.2, -0.15) is 0 Å². The minimum Gasteiger partial charge on any atom is -0.389 e. The van der Waals surface area contributed by atoms with Gasteiger partial charge in [-0.15, -0.1) is 0 Å². The van der Waals surface area contributed by atoms with Crippen molar-refractivity contribution in [3.63, 3.8) is 0 Å². The first-order valence-corrected chi connectivity index (χ1v) is 8.91. The summed E-state index contributed by atoms with van der Waals surface area (Å²) in [6.07, 6.45) is -0.985. The van der Waals surface area contributed by atoms with Gasteiger partial charge >= 0.3 is 0 Å². The fourth-order valence-electron chi connectivity index (χ4n) is 4.59. The van der Waals surface area contributed by atoms with E-state index in [1.165, 1.54) is 4.90 Å². The number of ether oxygens (including phenoxy) is 1. The first-order valence-electron chi connectivity index (χ1n) is 8.12. The van der Waals surface area contributed by atoms with Gasteiger partial charge in [-0.25, -0.2) is 0 Å². The standard InChI is InChI=1S/C17H15BrN2O4/c1-2-20-16(21)9-10(17(20)22)14-15-11(13(9)23-14)12(19-24-15)7-3-5-8(18)6-4-7/h3-6,9-11,13-15H,2H2,1H3. The van der Waals surface area contributed by atoms with Crippen molar-refractivity contribution in [2.24, 2.45) is 22.9 Å². The van der Waals surface area contributed by atoms with E-state index in [0.717, 1.165) is 15.7 Å². The maximum atomic E-state index is 12.6. The van der Waals surface area contributed by atoms with E-state index >= 15 is 0 Å². The topological polar surface area (TPSA) is 68.2 Å². The van der Waals surface area contributed by atoms with Crippen LogP contribution in [0.2, 0.25) is 0 Å². The van der Waals surface area contributed by atoms with Gasteiger partial charge in [0.15, 0.2) is 6.10 Å². The first kappa shape index (κ1) is 14.6. The smallest absolute Gasteiger partial charge is 0.235 e. The van der Waals surface area contributed by atoms with Crippen molar-refractivity contribution in [1.29, 1.82) is 0 Å². The van der Waals surface area contributed by atoms with E-state index in [1.807, 2.05) is 31.2 Å². The van der Waals surface area contributed by atoms with Crippen LogP contribution in [0, 0.1) is 17.8 Å². The molecule has 0 N–H and O–H groups in total. The molecule has 0 spiro atoms. The van der Waals surface area contributed by atoms with Crippen molar-refractivity contribution >= 4 is 33.5 Å². The Labute approximate surface area is 146 Å². The van der Waals surface area contributed by atoms with Crippen molar-refractivity contribution in [3.8, 4) is 0 Å². The zero-order chi connectivity index (χ0) is 16.6. The van der Waals surface area contributed by atoms with Crippen LogP contribution in [0.1, 0.15) is 12.5 Å². The molecular weight excluding hydrogens is 376 g/mol. The van der Waals surface area contributed by atoms with Crippen LogP contribution in [0.15, 0.2) is 33.9 Å². The molecule has 6 nitrogen and oxygen atoms in total. The van der Waals surface area contributed by atoms with Crippen LogP contribution >= 0.6 is 15.9 Å². The van der Waals surface area contributed by atoms with Gasteiger partial charge in [0.2, 0.25) is 11.8 Å². The molecule has 0 aliphatic carbocycles. The maximum Gasteiger partial charge on any atom is 0.235 e. The van der Waals surface area contributed by atoms with Crippen LogP contribution in [-0.2, 0) is 19.2 Å². The highest BCUT2D eigenvalue weighted by Crippen LogP contribution is 2.54. The molecule has 0 aromatic heterocycles. The normalized spacial score (nSPS) is 39.1. The highest BCUT2D eigenvalue weighted by Gasteiger charge is 2.71. The maximum absolute atomic E-state index is 12.6. The number of nitrogens with zero attached hydrogens (tertiary/aromatic N) is 2. The summed E-state index contributed by atoms with van der Waals surface area (Å²) in [5.41, 5.74) is 1.77. The van der Waals surface area contributed by atoms with E-state index in [2.05, 4.69) is 21.1 Å². The Morgan fingerprint density at radius 1 is 1.04 bits per heavy atom. The van der Waals surface area contributed by atoms with Crippen LogP contribution < -0.4 is 0 Å². The van der Waals surface area contributed by atoms with Gasteiger partial charge in [-0.1, -0.05) is 33.2 Å². The molecule has 4 aliphatic rings. The minimum absolute atomic E-state index is 0.0917. The average Bonchev–Trinajstić information content (AvgIpc) is 3.29. The number of imide groups is 1. The molecule has 24 heavy (non-hydrogen) atoms. The quantitative estimate of drug-likeness (QED) is 0.718. The van der Waals surface area contributed by atoms with Gasteiger partial charge in [0.25, 0.3) is 0 Å². The molecule has 2 bridgehead atoms. The Hall–Kier alpha value is -1.73. The summed E-state index contributed by atoms with van der Waals surface area (Å²) in [6, 6.07) is 7.84. The Kier molecular flexibility index (Phi) is 2.98. The lowest BCUT2D eigenvalue weighted by Gasteiger charge is -2.26. The molecular formula is C17H15BrN2O4. The van der Waals surface area contributed by atoms with E-state index < -0.39 is 11.8 Å². The van der Waals surface area contributed by atoms with Gasteiger partial charge in [-0.05, 0) is 24.6 Å². The molecule has 3 saturated heterocycles. The molecule has 4 heterocycles. The summed E-state index contributed by atoms with van der Waals surface area (Å²) < 4.78 is 7.02. The summed E-state index contributed by atoms with van der Waals surface area (Å²) in [5.74, 6) is -1.14. The lowest BCUT2D eigenvalue weighted by Crippen LogP contribution is -2.45. The number of oxime groups is 1. The van der Waals surface area contributed by atoms with Crippen LogP contribution in [-0.4, -0.2) is 47.3 Å². The number of hydrogen-bond donors (Lipinski definition) is 0. The van der Waals surface area contributed by atoms with Crippen molar-refractivity contribution in [2.75, 3.05) is 6.54 Å².